The predicted molar refractivity (Wildman–Crippen MR) is 130 cm³/mol. The van der Waals surface area contributed by atoms with Gasteiger partial charge in [0.1, 0.15) is 5.01 Å². The molecule has 0 unspecified atom stereocenters. The van der Waals surface area contributed by atoms with Crippen LogP contribution in [0.3, 0.4) is 0 Å². The average molecular weight is 445 g/mol. The fraction of sp³-hybridized carbons (Fsp3) is 0.160. The Kier molecular flexibility index (Phi) is 6.58. The first kappa shape index (κ1) is 21.7. The molecule has 1 aromatic heterocycles. The fourth-order valence-corrected chi connectivity index (χ4v) is 4.47. The second-order valence-electron chi connectivity index (χ2n) is 7.66. The van der Waals surface area contributed by atoms with Crippen molar-refractivity contribution in [3.8, 4) is 0 Å². The van der Waals surface area contributed by atoms with Crippen molar-refractivity contribution < 1.29 is 9.59 Å². The lowest BCUT2D eigenvalue weighted by Gasteiger charge is -2.16. The van der Waals surface area contributed by atoms with Crippen LogP contribution < -0.4 is 10.6 Å². The van der Waals surface area contributed by atoms with E-state index in [0.717, 1.165) is 20.8 Å². The van der Waals surface area contributed by atoms with Crippen molar-refractivity contribution in [2.24, 2.45) is 0 Å². The van der Waals surface area contributed by atoms with Gasteiger partial charge in [-0.15, -0.1) is 11.3 Å². The Bertz CT molecular complexity index is 1230. The molecule has 0 radical (unpaired) electrons. The fourth-order valence-electron chi connectivity index (χ4n) is 3.42. The van der Waals surface area contributed by atoms with E-state index in [1.807, 2.05) is 67.4 Å². The minimum absolute atomic E-state index is 0.184. The molecule has 4 aromatic rings. The molecule has 1 heterocycles. The van der Waals surface area contributed by atoms with Gasteiger partial charge < -0.3 is 10.6 Å². The Labute approximate surface area is 190 Å². The van der Waals surface area contributed by atoms with Crippen molar-refractivity contribution in [2.75, 3.05) is 24.2 Å². The quantitative estimate of drug-likeness (QED) is 0.424. The van der Waals surface area contributed by atoms with E-state index >= 15 is 0 Å². The van der Waals surface area contributed by atoms with Gasteiger partial charge in [-0.2, -0.15) is 0 Å². The molecule has 4 rings (SSSR count). The van der Waals surface area contributed by atoms with Crippen molar-refractivity contribution in [1.82, 2.24) is 9.88 Å². The Morgan fingerprint density at radius 1 is 0.969 bits per heavy atom. The average Bonchev–Trinajstić information content (AvgIpc) is 3.16. The molecule has 32 heavy (non-hydrogen) atoms. The van der Waals surface area contributed by atoms with Crippen molar-refractivity contribution in [1.29, 1.82) is 0 Å². The maximum atomic E-state index is 12.8. The number of thiazole rings is 1. The molecule has 0 aliphatic heterocycles. The topological polar surface area (TPSA) is 74.3 Å². The van der Waals surface area contributed by atoms with Crippen LogP contribution in [0.2, 0.25) is 0 Å². The predicted octanol–water partition coefficient (Wildman–Crippen LogP) is 4.93. The van der Waals surface area contributed by atoms with Gasteiger partial charge >= 0.3 is 0 Å². The normalized spacial score (nSPS) is 11.0. The summed E-state index contributed by atoms with van der Waals surface area (Å²) >= 11 is 1.63. The highest BCUT2D eigenvalue weighted by Gasteiger charge is 2.15. The first-order chi connectivity index (χ1) is 15.5. The molecular formula is C25H24N4O2S. The number of anilines is 2. The van der Waals surface area contributed by atoms with E-state index in [2.05, 4.69) is 15.6 Å². The lowest BCUT2D eigenvalue weighted by Crippen LogP contribution is -2.30. The summed E-state index contributed by atoms with van der Waals surface area (Å²) in [6, 6.07) is 22.6. The zero-order valence-electron chi connectivity index (χ0n) is 18.0. The van der Waals surface area contributed by atoms with E-state index < -0.39 is 0 Å². The molecule has 2 amide bonds. The summed E-state index contributed by atoms with van der Waals surface area (Å²) in [7, 11) is 1.88. The number of para-hydroxylation sites is 2. The number of hydrogen-bond acceptors (Lipinski definition) is 5. The van der Waals surface area contributed by atoms with Crippen molar-refractivity contribution in [3.63, 3.8) is 0 Å². The molecule has 0 saturated carbocycles. The van der Waals surface area contributed by atoms with Crippen LogP contribution in [0.1, 0.15) is 20.9 Å². The minimum atomic E-state index is -0.269. The third kappa shape index (κ3) is 5.38. The summed E-state index contributed by atoms with van der Waals surface area (Å²) < 4.78 is 1.13. The summed E-state index contributed by atoms with van der Waals surface area (Å²) in [5.41, 5.74) is 3.64. The standard InChI is InChI=1S/C25H24N4O2S/c1-17-8-7-9-18(14-17)26-25(31)19-10-3-4-11-20(19)27-23(30)15-29(2)16-24-28-21-12-5-6-13-22(21)32-24/h3-14H,15-16H2,1-2H3,(H,26,31)(H,27,30). The second kappa shape index (κ2) is 9.72. The summed E-state index contributed by atoms with van der Waals surface area (Å²) in [5.74, 6) is -0.459. The van der Waals surface area contributed by atoms with Gasteiger partial charge in [-0.1, -0.05) is 36.4 Å². The van der Waals surface area contributed by atoms with Gasteiger partial charge in [0.25, 0.3) is 5.91 Å². The molecule has 0 aliphatic rings. The lowest BCUT2D eigenvalue weighted by molar-refractivity contribution is -0.117. The minimum Gasteiger partial charge on any atom is -0.324 e. The van der Waals surface area contributed by atoms with E-state index in [1.54, 1.807) is 35.6 Å². The summed E-state index contributed by atoms with van der Waals surface area (Å²) in [6.07, 6.45) is 0. The zero-order valence-corrected chi connectivity index (χ0v) is 18.8. The van der Waals surface area contributed by atoms with Gasteiger partial charge in [-0.25, -0.2) is 4.98 Å². The van der Waals surface area contributed by atoms with Gasteiger partial charge in [-0.05, 0) is 55.9 Å². The van der Waals surface area contributed by atoms with Gasteiger partial charge in [0, 0.05) is 5.69 Å². The highest BCUT2D eigenvalue weighted by molar-refractivity contribution is 7.18. The van der Waals surface area contributed by atoms with Crippen LogP contribution in [0, 0.1) is 6.92 Å². The molecule has 0 aliphatic carbocycles. The molecule has 162 valence electrons. The molecule has 3 aromatic carbocycles. The SMILES string of the molecule is Cc1cccc(NC(=O)c2ccccc2NC(=O)CN(C)Cc2nc3ccccc3s2)c1. The molecule has 7 heteroatoms. The number of amides is 2. The maximum Gasteiger partial charge on any atom is 0.257 e. The number of likely N-dealkylation sites (N-methyl/N-ethyl adjacent to an activating group) is 1. The number of carbonyl (C=O) groups excluding carboxylic acids is 2. The Morgan fingerprint density at radius 3 is 2.56 bits per heavy atom. The summed E-state index contributed by atoms with van der Waals surface area (Å²) in [5, 5.41) is 6.72. The molecule has 2 N–H and O–H groups in total. The second-order valence-corrected chi connectivity index (χ2v) is 8.78. The van der Waals surface area contributed by atoms with Crippen molar-refractivity contribution in [2.45, 2.75) is 13.5 Å². The van der Waals surface area contributed by atoms with Gasteiger partial charge in [0.15, 0.2) is 0 Å². The molecular weight excluding hydrogens is 420 g/mol. The molecule has 0 atom stereocenters. The van der Waals surface area contributed by atoms with Crippen LogP contribution in [0.15, 0.2) is 72.8 Å². The van der Waals surface area contributed by atoms with Crippen molar-refractivity contribution in [3.05, 3.63) is 88.9 Å². The first-order valence-electron chi connectivity index (χ1n) is 10.3. The summed E-state index contributed by atoms with van der Waals surface area (Å²) in [4.78, 5) is 32.0. The van der Waals surface area contributed by atoms with Gasteiger partial charge in [0.05, 0.1) is 34.6 Å². The van der Waals surface area contributed by atoms with Crippen LogP contribution in [-0.4, -0.2) is 35.3 Å². The molecule has 0 bridgehead atoms. The zero-order chi connectivity index (χ0) is 22.5. The number of nitrogens with zero attached hydrogens (tertiary/aromatic N) is 2. The first-order valence-corrected chi connectivity index (χ1v) is 11.1. The third-order valence-electron chi connectivity index (χ3n) is 4.88. The molecule has 0 spiro atoms. The number of rotatable bonds is 7. The summed E-state index contributed by atoms with van der Waals surface area (Å²) in [6.45, 7) is 2.72. The number of fused-ring (bicyclic) bond motifs is 1. The number of nitrogens with one attached hydrogen (secondary N) is 2. The van der Waals surface area contributed by atoms with E-state index in [4.69, 9.17) is 0 Å². The number of carbonyl (C=O) groups is 2. The van der Waals surface area contributed by atoms with E-state index in [1.165, 1.54) is 0 Å². The van der Waals surface area contributed by atoms with Crippen LogP contribution in [0.25, 0.3) is 10.2 Å². The van der Waals surface area contributed by atoms with E-state index in [0.29, 0.717) is 23.5 Å². The van der Waals surface area contributed by atoms with Gasteiger partial charge in [-0.3, -0.25) is 14.5 Å². The molecule has 0 saturated heterocycles. The smallest absolute Gasteiger partial charge is 0.257 e. The van der Waals surface area contributed by atoms with Crippen LogP contribution >= 0.6 is 11.3 Å². The number of aromatic nitrogens is 1. The molecule has 0 fully saturated rings. The largest absolute Gasteiger partial charge is 0.324 e. The number of aryl methyl sites for hydroxylation is 1. The Hall–Kier alpha value is -3.55. The van der Waals surface area contributed by atoms with E-state index in [-0.39, 0.29) is 18.4 Å². The highest BCUT2D eigenvalue weighted by atomic mass is 32.1. The Morgan fingerprint density at radius 2 is 1.75 bits per heavy atom. The lowest BCUT2D eigenvalue weighted by atomic mass is 10.1. The van der Waals surface area contributed by atoms with Gasteiger partial charge in [0.2, 0.25) is 5.91 Å². The van der Waals surface area contributed by atoms with Crippen LogP contribution in [-0.2, 0) is 11.3 Å². The number of benzene rings is 3. The Balaban J connectivity index is 1.39. The molecule has 6 nitrogen and oxygen atoms in total. The third-order valence-corrected chi connectivity index (χ3v) is 5.90. The maximum absolute atomic E-state index is 12.8. The monoisotopic (exact) mass is 444 g/mol. The number of hydrogen-bond donors (Lipinski definition) is 2. The van der Waals surface area contributed by atoms with Crippen LogP contribution in [0.4, 0.5) is 11.4 Å². The van der Waals surface area contributed by atoms with Crippen molar-refractivity contribution >= 4 is 44.7 Å². The van der Waals surface area contributed by atoms with E-state index in [9.17, 15) is 9.59 Å². The van der Waals surface area contributed by atoms with Crippen LogP contribution in [0.5, 0.6) is 0 Å². The highest BCUT2D eigenvalue weighted by Crippen LogP contribution is 2.22.